The van der Waals surface area contributed by atoms with Crippen LogP contribution >= 0.6 is 0 Å². The van der Waals surface area contributed by atoms with Crippen LogP contribution in [0.15, 0.2) is 36.4 Å². The Kier molecular flexibility index (Phi) is 6.95. The predicted molar refractivity (Wildman–Crippen MR) is 92.7 cm³/mol. The molecule has 0 saturated heterocycles. The molecule has 0 unspecified atom stereocenters. The molecule has 0 aliphatic heterocycles. The van der Waals surface area contributed by atoms with Gasteiger partial charge in [-0.2, -0.15) is 0 Å². The molecule has 0 aliphatic carbocycles. The lowest BCUT2D eigenvalue weighted by molar-refractivity contribution is -0.384. The molecule has 134 valence electrons. The molecule has 0 saturated carbocycles. The van der Waals surface area contributed by atoms with E-state index in [1.54, 1.807) is 12.1 Å². The van der Waals surface area contributed by atoms with Crippen molar-refractivity contribution in [3.05, 3.63) is 56.6 Å². The number of nitrogens with zero attached hydrogens (tertiary/aromatic N) is 2. The second kappa shape index (κ2) is 8.91. The van der Waals surface area contributed by atoms with E-state index in [-0.39, 0.29) is 22.7 Å². The van der Waals surface area contributed by atoms with Crippen LogP contribution in [0.5, 0.6) is 11.5 Å². The lowest BCUT2D eigenvalue weighted by atomic mass is 10.2. The fraction of sp³-hybridized carbons (Fsp3) is 0.200. The van der Waals surface area contributed by atoms with Crippen molar-refractivity contribution < 1.29 is 19.3 Å². The maximum Gasteiger partial charge on any atom is 0.295 e. The third-order valence-corrected chi connectivity index (χ3v) is 2.94. The number of hydrogen-bond acceptors (Lipinski definition) is 8. The van der Waals surface area contributed by atoms with Crippen LogP contribution < -0.4 is 20.9 Å². The van der Waals surface area contributed by atoms with Crippen LogP contribution in [0.2, 0.25) is 0 Å². The van der Waals surface area contributed by atoms with E-state index in [9.17, 15) is 20.2 Å². The van der Waals surface area contributed by atoms with Crippen molar-refractivity contribution in [2.75, 3.05) is 25.2 Å². The number of methoxy groups -OCH3 is 1. The van der Waals surface area contributed by atoms with E-state index in [0.717, 1.165) is 0 Å². The van der Waals surface area contributed by atoms with E-state index in [1.165, 1.54) is 31.4 Å². The quantitative estimate of drug-likeness (QED) is 0.473. The van der Waals surface area contributed by atoms with Crippen LogP contribution in [0.25, 0.3) is 0 Å². The topological polar surface area (TPSA) is 157 Å². The third-order valence-electron chi connectivity index (χ3n) is 2.94. The number of rotatable bonds is 5. The third kappa shape index (κ3) is 5.53. The number of nitrogens with two attached hydrogens (primary N) is 2. The highest BCUT2D eigenvalue weighted by Crippen LogP contribution is 2.26. The summed E-state index contributed by atoms with van der Waals surface area (Å²) in [7, 11) is 1.44. The average molecular weight is 350 g/mol. The van der Waals surface area contributed by atoms with Crippen molar-refractivity contribution >= 4 is 22.7 Å². The van der Waals surface area contributed by atoms with E-state index < -0.39 is 9.85 Å². The number of nitro groups is 2. The van der Waals surface area contributed by atoms with Crippen molar-refractivity contribution in [1.29, 1.82) is 0 Å². The van der Waals surface area contributed by atoms with Gasteiger partial charge >= 0.3 is 0 Å². The second-order valence-corrected chi connectivity index (χ2v) is 4.59. The zero-order chi connectivity index (χ0) is 19.0. The maximum atomic E-state index is 10.4. The van der Waals surface area contributed by atoms with Crippen LogP contribution in [-0.4, -0.2) is 23.6 Å². The Morgan fingerprint density at radius 1 is 0.920 bits per heavy atom. The van der Waals surface area contributed by atoms with E-state index in [2.05, 4.69) is 0 Å². The van der Waals surface area contributed by atoms with Gasteiger partial charge in [-0.25, -0.2) is 0 Å². The number of nitrogen functional groups attached to an aromatic ring is 2. The first-order valence-electron chi connectivity index (χ1n) is 7.04. The van der Waals surface area contributed by atoms with Crippen molar-refractivity contribution in [1.82, 2.24) is 0 Å². The first-order valence-corrected chi connectivity index (χ1v) is 7.04. The molecule has 0 radical (unpaired) electrons. The van der Waals surface area contributed by atoms with E-state index in [4.69, 9.17) is 20.9 Å². The largest absolute Gasteiger partial charge is 0.496 e. The van der Waals surface area contributed by atoms with Gasteiger partial charge in [0.2, 0.25) is 0 Å². The maximum absolute atomic E-state index is 10.4. The molecule has 10 nitrogen and oxygen atoms in total. The summed E-state index contributed by atoms with van der Waals surface area (Å²) in [5.74, 6) is 0.888. The van der Waals surface area contributed by atoms with Crippen LogP contribution in [-0.2, 0) is 0 Å². The van der Waals surface area contributed by atoms with Crippen LogP contribution in [0.3, 0.4) is 0 Å². The van der Waals surface area contributed by atoms with Crippen molar-refractivity contribution in [3.63, 3.8) is 0 Å². The Balaban J connectivity index is 0.000000251. The molecule has 2 aromatic rings. The Hall–Kier alpha value is -3.56. The highest BCUT2D eigenvalue weighted by molar-refractivity contribution is 5.61. The fourth-order valence-corrected chi connectivity index (χ4v) is 1.75. The fourth-order valence-electron chi connectivity index (χ4n) is 1.75. The number of nitro benzene ring substituents is 2. The molecule has 0 aliphatic rings. The summed E-state index contributed by atoms with van der Waals surface area (Å²) in [5, 5.41) is 20.8. The van der Waals surface area contributed by atoms with Gasteiger partial charge in [-0.3, -0.25) is 20.2 Å². The number of ether oxygens (including phenoxy) is 2. The minimum absolute atomic E-state index is 0.119. The average Bonchev–Trinajstić information content (AvgIpc) is 2.57. The molecule has 0 atom stereocenters. The number of benzene rings is 2. The second-order valence-electron chi connectivity index (χ2n) is 4.59. The van der Waals surface area contributed by atoms with Crippen LogP contribution in [0, 0.1) is 20.2 Å². The van der Waals surface area contributed by atoms with Crippen molar-refractivity contribution in [2.24, 2.45) is 0 Å². The Labute approximate surface area is 143 Å². The minimum atomic E-state index is -0.544. The normalized spacial score (nSPS) is 9.52. The highest BCUT2D eigenvalue weighted by atomic mass is 16.6. The molecular formula is C15H18N4O6. The van der Waals surface area contributed by atoms with Crippen molar-refractivity contribution in [3.8, 4) is 11.5 Å². The highest BCUT2D eigenvalue weighted by Gasteiger charge is 2.12. The minimum Gasteiger partial charge on any atom is -0.496 e. The summed E-state index contributed by atoms with van der Waals surface area (Å²) in [6.45, 7) is 2.28. The molecule has 0 bridgehead atoms. The SMILES string of the molecule is CCOc1ccc(N)c([N+](=O)[O-])c1.COc1ccc(N)c([N+](=O)[O-])c1. The number of hydrogen-bond donors (Lipinski definition) is 2. The standard InChI is InChI=1S/C8H10N2O3.C7H8N2O3/c1-2-13-6-3-4-7(9)8(5-6)10(11)12;1-12-5-2-3-6(8)7(4-5)9(10)11/h3-5H,2,9H2,1H3;2-4H,8H2,1H3. The lowest BCUT2D eigenvalue weighted by Crippen LogP contribution is -1.97. The molecule has 0 spiro atoms. The first kappa shape index (κ1) is 19.5. The molecule has 0 fully saturated rings. The first-order chi connectivity index (χ1) is 11.8. The Bertz CT molecular complexity index is 766. The lowest BCUT2D eigenvalue weighted by Gasteiger charge is -2.03. The summed E-state index contributed by atoms with van der Waals surface area (Å²) in [6.07, 6.45) is 0. The molecule has 4 N–H and O–H groups in total. The van der Waals surface area contributed by atoms with E-state index in [0.29, 0.717) is 18.1 Å². The molecule has 25 heavy (non-hydrogen) atoms. The van der Waals surface area contributed by atoms with Gasteiger partial charge in [0, 0.05) is 0 Å². The van der Waals surface area contributed by atoms with Gasteiger partial charge in [0.15, 0.2) is 0 Å². The summed E-state index contributed by atoms with van der Waals surface area (Å²) in [5.41, 5.74) is 10.8. The summed E-state index contributed by atoms with van der Waals surface area (Å²) < 4.78 is 9.89. The molecule has 0 aromatic heterocycles. The molecule has 10 heteroatoms. The summed E-state index contributed by atoms with van der Waals surface area (Å²) >= 11 is 0. The summed E-state index contributed by atoms with van der Waals surface area (Å²) in [4.78, 5) is 19.7. The van der Waals surface area contributed by atoms with Gasteiger partial charge in [0.1, 0.15) is 22.9 Å². The molecular weight excluding hydrogens is 332 g/mol. The molecule has 0 heterocycles. The zero-order valence-corrected chi connectivity index (χ0v) is 13.7. The number of anilines is 2. The Morgan fingerprint density at radius 3 is 1.76 bits per heavy atom. The Morgan fingerprint density at radius 2 is 1.36 bits per heavy atom. The van der Waals surface area contributed by atoms with Gasteiger partial charge in [-0.05, 0) is 31.2 Å². The smallest absolute Gasteiger partial charge is 0.295 e. The van der Waals surface area contributed by atoms with Gasteiger partial charge in [-0.15, -0.1) is 0 Å². The van der Waals surface area contributed by atoms with E-state index >= 15 is 0 Å². The zero-order valence-electron chi connectivity index (χ0n) is 13.7. The van der Waals surface area contributed by atoms with Crippen LogP contribution in [0.4, 0.5) is 22.7 Å². The predicted octanol–water partition coefficient (Wildman–Crippen LogP) is 2.76. The van der Waals surface area contributed by atoms with Crippen LogP contribution in [0.1, 0.15) is 6.92 Å². The molecule has 2 rings (SSSR count). The van der Waals surface area contributed by atoms with Gasteiger partial charge in [0.05, 0.1) is 35.7 Å². The van der Waals surface area contributed by atoms with Gasteiger partial charge < -0.3 is 20.9 Å². The van der Waals surface area contributed by atoms with E-state index in [1.807, 2.05) is 6.92 Å². The van der Waals surface area contributed by atoms with Crippen molar-refractivity contribution in [2.45, 2.75) is 6.92 Å². The summed E-state index contributed by atoms with van der Waals surface area (Å²) in [6, 6.07) is 8.68. The van der Waals surface area contributed by atoms with Gasteiger partial charge in [0.25, 0.3) is 11.4 Å². The molecule has 2 aromatic carbocycles. The van der Waals surface area contributed by atoms with Gasteiger partial charge in [-0.1, -0.05) is 0 Å². The molecule has 0 amide bonds. The monoisotopic (exact) mass is 350 g/mol.